The van der Waals surface area contributed by atoms with Crippen LogP contribution < -0.4 is 4.74 Å². The molecule has 5 heteroatoms. The van der Waals surface area contributed by atoms with E-state index in [9.17, 15) is 0 Å². The highest BCUT2D eigenvalue weighted by Crippen LogP contribution is 2.14. The van der Waals surface area contributed by atoms with Gasteiger partial charge in [0, 0.05) is 13.0 Å². The number of aromatic nitrogens is 2. The summed E-state index contributed by atoms with van der Waals surface area (Å²) in [5.74, 6) is 2.33. The summed E-state index contributed by atoms with van der Waals surface area (Å²) < 4.78 is 10.5. The van der Waals surface area contributed by atoms with Gasteiger partial charge in [-0.05, 0) is 31.2 Å². The van der Waals surface area contributed by atoms with Gasteiger partial charge < -0.3 is 9.26 Å². The molecule has 2 rings (SSSR count). The standard InChI is InChI=1S/C15H21N3O2/c1-4-6-14-16-15(20-17-14)11-18(2)10-12-7-5-8-13(9-12)19-3/h5,7-9H,4,6,10-11H2,1-3H3. The van der Waals surface area contributed by atoms with Gasteiger partial charge in [-0.2, -0.15) is 4.98 Å². The lowest BCUT2D eigenvalue weighted by Gasteiger charge is -2.14. The second-order valence-corrected chi connectivity index (χ2v) is 4.88. The lowest BCUT2D eigenvalue weighted by molar-refractivity contribution is 0.260. The molecule has 1 heterocycles. The number of methoxy groups -OCH3 is 1. The minimum absolute atomic E-state index is 0.647. The Morgan fingerprint density at radius 1 is 1.30 bits per heavy atom. The van der Waals surface area contributed by atoms with Crippen molar-refractivity contribution in [1.29, 1.82) is 0 Å². The Morgan fingerprint density at radius 2 is 2.15 bits per heavy atom. The van der Waals surface area contributed by atoms with Gasteiger partial charge in [-0.25, -0.2) is 0 Å². The van der Waals surface area contributed by atoms with Gasteiger partial charge in [0.2, 0.25) is 5.89 Å². The van der Waals surface area contributed by atoms with Crippen LogP contribution in [0.2, 0.25) is 0 Å². The van der Waals surface area contributed by atoms with Crippen LogP contribution in [0.25, 0.3) is 0 Å². The molecule has 0 unspecified atom stereocenters. The fourth-order valence-corrected chi connectivity index (χ4v) is 2.05. The highest BCUT2D eigenvalue weighted by molar-refractivity contribution is 5.28. The monoisotopic (exact) mass is 275 g/mol. The van der Waals surface area contributed by atoms with Crippen LogP contribution in [0.1, 0.15) is 30.6 Å². The summed E-state index contributed by atoms with van der Waals surface area (Å²) in [5.41, 5.74) is 1.19. The SMILES string of the molecule is CCCc1noc(CN(C)Cc2cccc(OC)c2)n1. The molecule has 0 aliphatic heterocycles. The molecule has 0 saturated heterocycles. The molecule has 0 atom stereocenters. The van der Waals surface area contributed by atoms with E-state index in [1.54, 1.807) is 7.11 Å². The number of ether oxygens (including phenoxy) is 1. The first-order chi connectivity index (χ1) is 9.71. The van der Waals surface area contributed by atoms with E-state index >= 15 is 0 Å². The number of aryl methyl sites for hydroxylation is 1. The molecule has 0 spiro atoms. The van der Waals surface area contributed by atoms with Gasteiger partial charge in [0.25, 0.3) is 0 Å². The first kappa shape index (κ1) is 14.5. The van der Waals surface area contributed by atoms with E-state index in [-0.39, 0.29) is 0 Å². The third-order valence-electron chi connectivity index (χ3n) is 2.98. The Morgan fingerprint density at radius 3 is 2.90 bits per heavy atom. The van der Waals surface area contributed by atoms with Crippen LogP contribution in [0, 0.1) is 0 Å². The van der Waals surface area contributed by atoms with Gasteiger partial charge in [0.1, 0.15) is 5.75 Å². The molecule has 0 fully saturated rings. The average molecular weight is 275 g/mol. The summed E-state index contributed by atoms with van der Waals surface area (Å²) >= 11 is 0. The Bertz CT molecular complexity index is 539. The normalized spacial score (nSPS) is 11.0. The third-order valence-corrected chi connectivity index (χ3v) is 2.98. The second-order valence-electron chi connectivity index (χ2n) is 4.88. The maximum atomic E-state index is 5.24. The van der Waals surface area contributed by atoms with Crippen molar-refractivity contribution in [3.8, 4) is 5.75 Å². The molecule has 1 aromatic heterocycles. The van der Waals surface area contributed by atoms with Gasteiger partial charge in [0.15, 0.2) is 5.82 Å². The maximum Gasteiger partial charge on any atom is 0.240 e. The molecule has 0 aliphatic carbocycles. The molecule has 108 valence electrons. The van der Waals surface area contributed by atoms with Gasteiger partial charge in [-0.3, -0.25) is 4.90 Å². The lowest BCUT2D eigenvalue weighted by atomic mass is 10.2. The predicted molar refractivity (Wildman–Crippen MR) is 76.5 cm³/mol. The Hall–Kier alpha value is -1.88. The molecular weight excluding hydrogens is 254 g/mol. The van der Waals surface area contributed by atoms with Crippen molar-refractivity contribution in [1.82, 2.24) is 15.0 Å². The minimum atomic E-state index is 0.647. The third kappa shape index (κ3) is 4.06. The Kier molecular flexibility index (Phi) is 5.12. The topological polar surface area (TPSA) is 51.4 Å². The minimum Gasteiger partial charge on any atom is -0.497 e. The van der Waals surface area contributed by atoms with Crippen LogP contribution in [-0.4, -0.2) is 29.2 Å². The zero-order chi connectivity index (χ0) is 14.4. The van der Waals surface area contributed by atoms with E-state index in [0.29, 0.717) is 12.4 Å². The quantitative estimate of drug-likeness (QED) is 0.777. The predicted octanol–water partition coefficient (Wildman–Crippen LogP) is 2.66. The fraction of sp³-hybridized carbons (Fsp3) is 0.467. The van der Waals surface area contributed by atoms with Gasteiger partial charge in [-0.1, -0.05) is 24.2 Å². The van der Waals surface area contributed by atoms with Crippen LogP contribution in [0.15, 0.2) is 28.8 Å². The summed E-state index contributed by atoms with van der Waals surface area (Å²) in [5, 5.41) is 3.96. The van der Waals surface area contributed by atoms with Crippen molar-refractivity contribution in [2.45, 2.75) is 32.9 Å². The van der Waals surface area contributed by atoms with Crippen molar-refractivity contribution < 1.29 is 9.26 Å². The first-order valence-corrected chi connectivity index (χ1v) is 6.84. The molecule has 0 N–H and O–H groups in total. The fourth-order valence-electron chi connectivity index (χ4n) is 2.05. The van der Waals surface area contributed by atoms with Gasteiger partial charge in [0.05, 0.1) is 13.7 Å². The van der Waals surface area contributed by atoms with Gasteiger partial charge >= 0.3 is 0 Å². The van der Waals surface area contributed by atoms with Gasteiger partial charge in [-0.15, -0.1) is 0 Å². The van der Waals surface area contributed by atoms with E-state index in [4.69, 9.17) is 9.26 Å². The number of nitrogens with zero attached hydrogens (tertiary/aromatic N) is 3. The molecule has 0 aliphatic rings. The van der Waals surface area contributed by atoms with Crippen LogP contribution in [0.3, 0.4) is 0 Å². The van der Waals surface area contributed by atoms with Crippen molar-refractivity contribution in [3.05, 3.63) is 41.5 Å². The summed E-state index contributed by atoms with van der Waals surface area (Å²) in [6, 6.07) is 8.05. The number of rotatable bonds is 7. The second kappa shape index (κ2) is 7.05. The summed E-state index contributed by atoms with van der Waals surface area (Å²) in [7, 11) is 3.71. The highest BCUT2D eigenvalue weighted by Gasteiger charge is 2.09. The van der Waals surface area contributed by atoms with E-state index in [0.717, 1.165) is 31.0 Å². The number of hydrogen-bond acceptors (Lipinski definition) is 5. The Balaban J connectivity index is 1.92. The van der Waals surface area contributed by atoms with Crippen molar-refractivity contribution in [2.75, 3.05) is 14.2 Å². The van der Waals surface area contributed by atoms with E-state index < -0.39 is 0 Å². The summed E-state index contributed by atoms with van der Waals surface area (Å²) in [6.07, 6.45) is 1.89. The molecule has 0 amide bonds. The molecule has 0 radical (unpaired) electrons. The lowest BCUT2D eigenvalue weighted by Crippen LogP contribution is -2.17. The van der Waals surface area contributed by atoms with Crippen LogP contribution >= 0.6 is 0 Å². The van der Waals surface area contributed by atoms with E-state index in [2.05, 4.69) is 28.0 Å². The van der Waals surface area contributed by atoms with Crippen molar-refractivity contribution in [3.63, 3.8) is 0 Å². The van der Waals surface area contributed by atoms with Crippen LogP contribution in [-0.2, 0) is 19.5 Å². The smallest absolute Gasteiger partial charge is 0.240 e. The average Bonchev–Trinajstić information content (AvgIpc) is 2.86. The molecule has 0 bridgehead atoms. The zero-order valence-corrected chi connectivity index (χ0v) is 12.3. The van der Waals surface area contributed by atoms with Crippen molar-refractivity contribution in [2.24, 2.45) is 0 Å². The largest absolute Gasteiger partial charge is 0.497 e. The number of benzene rings is 1. The Labute approximate surface area is 119 Å². The molecule has 0 saturated carbocycles. The zero-order valence-electron chi connectivity index (χ0n) is 12.3. The van der Waals surface area contributed by atoms with Crippen LogP contribution in [0.4, 0.5) is 0 Å². The molecule has 2 aromatic rings. The number of hydrogen-bond donors (Lipinski definition) is 0. The molecule has 20 heavy (non-hydrogen) atoms. The first-order valence-electron chi connectivity index (χ1n) is 6.84. The maximum absolute atomic E-state index is 5.24. The van der Waals surface area contributed by atoms with E-state index in [1.165, 1.54) is 5.56 Å². The molecular formula is C15H21N3O2. The summed E-state index contributed by atoms with van der Waals surface area (Å²) in [6.45, 7) is 3.56. The molecule has 1 aromatic carbocycles. The van der Waals surface area contributed by atoms with Crippen LogP contribution in [0.5, 0.6) is 5.75 Å². The van der Waals surface area contributed by atoms with Crippen molar-refractivity contribution >= 4 is 0 Å². The molecule has 5 nitrogen and oxygen atoms in total. The highest BCUT2D eigenvalue weighted by atomic mass is 16.5. The van der Waals surface area contributed by atoms with E-state index in [1.807, 2.05) is 25.2 Å². The summed E-state index contributed by atoms with van der Waals surface area (Å²) in [4.78, 5) is 6.51.